The zero-order chi connectivity index (χ0) is 18.1. The van der Waals surface area contributed by atoms with Gasteiger partial charge >= 0.3 is 0 Å². The molecule has 25 heavy (non-hydrogen) atoms. The Bertz CT molecular complexity index is 467. The van der Waals surface area contributed by atoms with E-state index in [4.69, 9.17) is 4.74 Å². The van der Waals surface area contributed by atoms with Crippen molar-refractivity contribution < 1.29 is 4.74 Å². The van der Waals surface area contributed by atoms with Crippen molar-refractivity contribution in [1.29, 1.82) is 0 Å². The molecule has 0 amide bonds. The number of rotatable bonds is 10. The van der Waals surface area contributed by atoms with Crippen molar-refractivity contribution in [3.8, 4) is 5.75 Å². The van der Waals surface area contributed by atoms with Crippen LogP contribution in [-0.4, -0.2) is 48.0 Å². The SMILES string of the molecule is CC(C)CCCCCOc1ccc(CN2CCN(C(C)S)CC2)cc1. The summed E-state index contributed by atoms with van der Waals surface area (Å²) in [7, 11) is 0. The van der Waals surface area contributed by atoms with Gasteiger partial charge < -0.3 is 4.74 Å². The largest absolute Gasteiger partial charge is 0.494 e. The molecule has 1 aromatic carbocycles. The Morgan fingerprint density at radius 1 is 0.960 bits per heavy atom. The molecule has 0 radical (unpaired) electrons. The average molecular weight is 365 g/mol. The molecule has 1 aliphatic rings. The van der Waals surface area contributed by atoms with Crippen LogP contribution in [0.3, 0.4) is 0 Å². The zero-order valence-corrected chi connectivity index (χ0v) is 17.2. The van der Waals surface area contributed by atoms with Crippen LogP contribution in [0.25, 0.3) is 0 Å². The standard InChI is InChI=1S/C21H36N2OS/c1-18(2)7-5-4-6-16-24-21-10-8-20(9-11-21)17-22-12-14-23(15-13-22)19(3)25/h8-11,18-19,25H,4-7,12-17H2,1-3H3. The molecule has 0 aliphatic carbocycles. The molecule has 1 aromatic rings. The fourth-order valence-corrected chi connectivity index (χ4v) is 3.50. The molecule has 0 spiro atoms. The van der Waals surface area contributed by atoms with Crippen LogP contribution in [0, 0.1) is 5.92 Å². The van der Waals surface area contributed by atoms with Gasteiger partial charge in [0.25, 0.3) is 0 Å². The predicted molar refractivity (Wildman–Crippen MR) is 111 cm³/mol. The van der Waals surface area contributed by atoms with E-state index < -0.39 is 0 Å². The number of hydrogen-bond donors (Lipinski definition) is 1. The van der Waals surface area contributed by atoms with Gasteiger partial charge in [-0.3, -0.25) is 9.80 Å². The van der Waals surface area contributed by atoms with E-state index in [0.717, 1.165) is 57.4 Å². The van der Waals surface area contributed by atoms with E-state index >= 15 is 0 Å². The number of benzene rings is 1. The third kappa shape index (κ3) is 8.02. The van der Waals surface area contributed by atoms with Gasteiger partial charge in [0.2, 0.25) is 0 Å². The first-order valence-corrected chi connectivity index (χ1v) is 10.4. The molecule has 1 heterocycles. The Hall–Kier alpha value is -0.710. The molecule has 0 aromatic heterocycles. The Kier molecular flexibility index (Phi) is 9.14. The maximum Gasteiger partial charge on any atom is 0.119 e. The first kappa shape index (κ1) is 20.6. The monoisotopic (exact) mass is 364 g/mol. The summed E-state index contributed by atoms with van der Waals surface area (Å²) in [5.41, 5.74) is 1.37. The van der Waals surface area contributed by atoms with Crippen LogP contribution < -0.4 is 4.74 Å². The van der Waals surface area contributed by atoms with Gasteiger partial charge in [-0.25, -0.2) is 0 Å². The highest BCUT2D eigenvalue weighted by molar-refractivity contribution is 7.80. The summed E-state index contributed by atoms with van der Waals surface area (Å²) in [6.07, 6.45) is 5.07. The minimum atomic E-state index is 0.365. The summed E-state index contributed by atoms with van der Waals surface area (Å²) in [6.45, 7) is 13.1. The molecule has 1 saturated heterocycles. The van der Waals surface area contributed by atoms with E-state index in [1.54, 1.807) is 0 Å². The van der Waals surface area contributed by atoms with Crippen molar-refractivity contribution in [2.75, 3.05) is 32.8 Å². The fourth-order valence-electron chi connectivity index (χ4n) is 3.27. The quantitative estimate of drug-likeness (QED) is 0.480. The first-order chi connectivity index (χ1) is 12.0. The van der Waals surface area contributed by atoms with Crippen LogP contribution in [0.1, 0.15) is 52.0 Å². The highest BCUT2D eigenvalue weighted by Crippen LogP contribution is 2.16. The minimum absolute atomic E-state index is 0.365. The molecule has 4 heteroatoms. The Morgan fingerprint density at radius 3 is 2.24 bits per heavy atom. The molecular formula is C21H36N2OS. The van der Waals surface area contributed by atoms with Crippen molar-refractivity contribution >= 4 is 12.6 Å². The molecule has 1 aliphatic heterocycles. The minimum Gasteiger partial charge on any atom is -0.494 e. The van der Waals surface area contributed by atoms with Crippen LogP contribution in [0.4, 0.5) is 0 Å². The second-order valence-corrected chi connectivity index (χ2v) is 8.43. The predicted octanol–water partition coefficient (Wildman–Crippen LogP) is 4.68. The molecule has 0 saturated carbocycles. The lowest BCUT2D eigenvalue weighted by Gasteiger charge is -2.36. The van der Waals surface area contributed by atoms with Gasteiger partial charge in [-0.1, -0.05) is 45.2 Å². The Balaban J connectivity index is 1.63. The van der Waals surface area contributed by atoms with E-state index in [1.165, 1.54) is 24.8 Å². The molecular weight excluding hydrogens is 328 g/mol. The Morgan fingerprint density at radius 2 is 1.64 bits per heavy atom. The van der Waals surface area contributed by atoms with Gasteiger partial charge in [0.1, 0.15) is 5.75 Å². The molecule has 1 fully saturated rings. The molecule has 0 N–H and O–H groups in total. The fraction of sp³-hybridized carbons (Fsp3) is 0.714. The van der Waals surface area contributed by atoms with Gasteiger partial charge in [0.15, 0.2) is 0 Å². The lowest BCUT2D eigenvalue weighted by molar-refractivity contribution is 0.123. The van der Waals surface area contributed by atoms with E-state index in [2.05, 4.69) is 67.5 Å². The van der Waals surface area contributed by atoms with Crippen molar-refractivity contribution in [2.24, 2.45) is 5.92 Å². The summed E-state index contributed by atoms with van der Waals surface area (Å²) in [5.74, 6) is 1.82. The highest BCUT2D eigenvalue weighted by Gasteiger charge is 2.18. The molecule has 2 rings (SSSR count). The van der Waals surface area contributed by atoms with Gasteiger partial charge in [0.05, 0.1) is 6.61 Å². The van der Waals surface area contributed by atoms with E-state index in [0.29, 0.717) is 5.37 Å². The second-order valence-electron chi connectivity index (χ2n) is 7.68. The van der Waals surface area contributed by atoms with Crippen LogP contribution in [0.5, 0.6) is 5.75 Å². The van der Waals surface area contributed by atoms with Gasteiger partial charge in [-0.05, 0) is 37.0 Å². The third-order valence-corrected chi connectivity index (χ3v) is 5.29. The van der Waals surface area contributed by atoms with Crippen molar-refractivity contribution in [1.82, 2.24) is 9.80 Å². The molecule has 142 valence electrons. The summed E-state index contributed by atoms with van der Waals surface area (Å²) < 4.78 is 5.87. The van der Waals surface area contributed by atoms with Crippen LogP contribution in [0.2, 0.25) is 0 Å². The van der Waals surface area contributed by atoms with Crippen molar-refractivity contribution in [3.63, 3.8) is 0 Å². The highest BCUT2D eigenvalue weighted by atomic mass is 32.1. The number of hydrogen-bond acceptors (Lipinski definition) is 4. The first-order valence-electron chi connectivity index (χ1n) is 9.91. The number of thiol groups is 1. The Labute approximate surface area is 160 Å². The lowest BCUT2D eigenvalue weighted by Crippen LogP contribution is -2.47. The maximum atomic E-state index is 5.87. The van der Waals surface area contributed by atoms with E-state index in [9.17, 15) is 0 Å². The number of nitrogens with zero attached hydrogens (tertiary/aromatic N) is 2. The molecule has 0 bridgehead atoms. The summed E-state index contributed by atoms with van der Waals surface area (Å²) >= 11 is 4.53. The van der Waals surface area contributed by atoms with Crippen LogP contribution in [-0.2, 0) is 6.54 Å². The topological polar surface area (TPSA) is 15.7 Å². The summed E-state index contributed by atoms with van der Waals surface area (Å²) in [5, 5.41) is 0.365. The van der Waals surface area contributed by atoms with Gasteiger partial charge in [-0.2, -0.15) is 12.6 Å². The average Bonchev–Trinajstić information content (AvgIpc) is 2.59. The molecule has 1 atom stereocenters. The van der Waals surface area contributed by atoms with Gasteiger partial charge in [0, 0.05) is 38.1 Å². The second kappa shape index (κ2) is 11.1. The molecule has 1 unspecified atom stereocenters. The zero-order valence-electron chi connectivity index (χ0n) is 16.3. The normalized spacial score (nSPS) is 17.8. The van der Waals surface area contributed by atoms with Crippen molar-refractivity contribution in [2.45, 2.75) is 58.4 Å². The van der Waals surface area contributed by atoms with Crippen LogP contribution in [0.15, 0.2) is 24.3 Å². The smallest absolute Gasteiger partial charge is 0.119 e. The summed E-state index contributed by atoms with van der Waals surface area (Å²) in [6, 6.07) is 8.66. The third-order valence-electron chi connectivity index (χ3n) is 4.96. The molecule has 3 nitrogen and oxygen atoms in total. The lowest BCUT2D eigenvalue weighted by atomic mass is 10.1. The maximum absolute atomic E-state index is 5.87. The summed E-state index contributed by atoms with van der Waals surface area (Å²) in [4.78, 5) is 4.95. The van der Waals surface area contributed by atoms with E-state index in [1.807, 2.05) is 0 Å². The van der Waals surface area contributed by atoms with Gasteiger partial charge in [-0.15, -0.1) is 0 Å². The number of ether oxygens (including phenoxy) is 1. The van der Waals surface area contributed by atoms with Crippen molar-refractivity contribution in [3.05, 3.63) is 29.8 Å². The van der Waals surface area contributed by atoms with E-state index in [-0.39, 0.29) is 0 Å². The van der Waals surface area contributed by atoms with Crippen LogP contribution >= 0.6 is 12.6 Å². The number of unbranched alkanes of at least 4 members (excludes halogenated alkanes) is 2. The number of piperazine rings is 1.